The number of aliphatic hydroxyl groups excluding tert-OH is 1. The maximum absolute atomic E-state index is 12.5. The summed E-state index contributed by atoms with van der Waals surface area (Å²) in [5.74, 6) is -1.07. The largest absolute Gasteiger partial charge is 0.480 e. The standard InChI is InChI=1S/C22H34N2O6/c1-2-3-4-8-13-23-14-20(25)30-18-11-12-19(21(26)27)24(15-18)22(28)29-16-17-9-6-5-7-10-17/h5-7,9-10,18-20,23,25H,2-4,8,11-16H2,1H3,(H,26,27). The molecule has 3 N–H and O–H groups in total. The third-order valence-corrected chi connectivity index (χ3v) is 5.14. The fourth-order valence-electron chi connectivity index (χ4n) is 3.48. The average Bonchev–Trinajstić information content (AvgIpc) is 2.75. The van der Waals surface area contributed by atoms with Crippen molar-refractivity contribution in [1.82, 2.24) is 10.2 Å². The van der Waals surface area contributed by atoms with E-state index in [0.717, 1.165) is 24.9 Å². The van der Waals surface area contributed by atoms with Crippen LogP contribution in [-0.2, 0) is 20.9 Å². The van der Waals surface area contributed by atoms with E-state index >= 15 is 0 Å². The molecule has 0 bridgehead atoms. The summed E-state index contributed by atoms with van der Waals surface area (Å²) in [6.07, 6.45) is 3.13. The van der Waals surface area contributed by atoms with Gasteiger partial charge in [-0.2, -0.15) is 0 Å². The van der Waals surface area contributed by atoms with Crippen LogP contribution in [0.25, 0.3) is 0 Å². The zero-order valence-electron chi connectivity index (χ0n) is 17.7. The van der Waals surface area contributed by atoms with Gasteiger partial charge in [0.15, 0.2) is 6.29 Å². The third-order valence-electron chi connectivity index (χ3n) is 5.14. The number of likely N-dealkylation sites (tertiary alicyclic amines) is 1. The van der Waals surface area contributed by atoms with E-state index in [4.69, 9.17) is 9.47 Å². The molecule has 8 nitrogen and oxygen atoms in total. The van der Waals surface area contributed by atoms with Gasteiger partial charge in [-0.05, 0) is 31.4 Å². The normalized spacial score (nSPS) is 20.0. The Kier molecular flexibility index (Phi) is 10.6. The Morgan fingerprint density at radius 3 is 2.67 bits per heavy atom. The first-order valence-electron chi connectivity index (χ1n) is 10.8. The lowest BCUT2D eigenvalue weighted by Crippen LogP contribution is -2.53. The number of carbonyl (C=O) groups is 2. The van der Waals surface area contributed by atoms with Gasteiger partial charge in [0.05, 0.1) is 12.6 Å². The van der Waals surface area contributed by atoms with Gasteiger partial charge < -0.3 is 25.0 Å². The molecule has 3 atom stereocenters. The number of benzene rings is 1. The number of carboxylic acids is 1. The van der Waals surface area contributed by atoms with Crippen molar-refractivity contribution in [3.05, 3.63) is 35.9 Å². The summed E-state index contributed by atoms with van der Waals surface area (Å²) >= 11 is 0. The van der Waals surface area contributed by atoms with Crippen LogP contribution < -0.4 is 5.32 Å². The van der Waals surface area contributed by atoms with Crippen LogP contribution in [0, 0.1) is 0 Å². The fraction of sp³-hybridized carbons (Fsp3) is 0.636. The molecule has 2 rings (SSSR count). The molecule has 0 saturated carbocycles. The Balaban J connectivity index is 1.80. The monoisotopic (exact) mass is 422 g/mol. The van der Waals surface area contributed by atoms with Crippen molar-refractivity contribution in [2.24, 2.45) is 0 Å². The van der Waals surface area contributed by atoms with Crippen LogP contribution in [0.1, 0.15) is 51.0 Å². The molecule has 8 heteroatoms. The molecule has 1 aromatic rings. The van der Waals surface area contributed by atoms with Crippen molar-refractivity contribution >= 4 is 12.1 Å². The van der Waals surface area contributed by atoms with Crippen LogP contribution >= 0.6 is 0 Å². The molecule has 1 fully saturated rings. The van der Waals surface area contributed by atoms with Gasteiger partial charge in [-0.25, -0.2) is 9.59 Å². The zero-order chi connectivity index (χ0) is 21.8. The minimum Gasteiger partial charge on any atom is -0.480 e. The molecule has 0 aromatic heterocycles. The van der Waals surface area contributed by atoms with Gasteiger partial charge in [-0.3, -0.25) is 4.90 Å². The minimum absolute atomic E-state index is 0.0676. The van der Waals surface area contributed by atoms with Gasteiger partial charge >= 0.3 is 12.1 Å². The molecule has 1 saturated heterocycles. The summed E-state index contributed by atoms with van der Waals surface area (Å²) in [4.78, 5) is 25.3. The van der Waals surface area contributed by atoms with Crippen LogP contribution in [0.15, 0.2) is 30.3 Å². The van der Waals surface area contributed by atoms with Crippen LogP contribution in [0.2, 0.25) is 0 Å². The number of aliphatic carboxylic acids is 1. The maximum Gasteiger partial charge on any atom is 0.410 e. The molecule has 30 heavy (non-hydrogen) atoms. The number of nitrogens with one attached hydrogen (secondary N) is 1. The number of aliphatic hydroxyl groups is 1. The summed E-state index contributed by atoms with van der Waals surface area (Å²) in [6.45, 7) is 3.40. The molecule has 1 heterocycles. The van der Waals surface area contributed by atoms with E-state index in [1.807, 2.05) is 30.3 Å². The Morgan fingerprint density at radius 1 is 1.20 bits per heavy atom. The molecule has 1 aliphatic heterocycles. The quantitative estimate of drug-likeness (QED) is 0.351. The Morgan fingerprint density at radius 2 is 1.97 bits per heavy atom. The summed E-state index contributed by atoms with van der Waals surface area (Å²) in [5, 5.41) is 22.7. The molecule has 168 valence electrons. The van der Waals surface area contributed by atoms with Crippen molar-refractivity contribution in [3.63, 3.8) is 0 Å². The smallest absolute Gasteiger partial charge is 0.410 e. The highest BCUT2D eigenvalue weighted by molar-refractivity contribution is 5.80. The molecular formula is C22H34N2O6. The average molecular weight is 423 g/mol. The summed E-state index contributed by atoms with van der Waals surface area (Å²) in [5.41, 5.74) is 0.822. The first-order chi connectivity index (χ1) is 14.5. The molecule has 1 aliphatic rings. The van der Waals surface area contributed by atoms with Gasteiger partial charge in [-0.1, -0.05) is 56.5 Å². The number of piperidine rings is 1. The zero-order valence-corrected chi connectivity index (χ0v) is 17.7. The van der Waals surface area contributed by atoms with E-state index in [2.05, 4.69) is 12.2 Å². The summed E-state index contributed by atoms with van der Waals surface area (Å²) in [6, 6.07) is 8.25. The number of ether oxygens (including phenoxy) is 2. The first-order valence-corrected chi connectivity index (χ1v) is 10.8. The number of nitrogens with zero attached hydrogens (tertiary/aromatic N) is 1. The van der Waals surface area contributed by atoms with Crippen molar-refractivity contribution in [2.45, 2.75) is 70.5 Å². The van der Waals surface area contributed by atoms with Crippen molar-refractivity contribution in [2.75, 3.05) is 19.6 Å². The second-order valence-corrected chi connectivity index (χ2v) is 7.60. The predicted molar refractivity (Wildman–Crippen MR) is 112 cm³/mol. The number of unbranched alkanes of at least 4 members (excludes halogenated alkanes) is 3. The predicted octanol–water partition coefficient (Wildman–Crippen LogP) is 2.75. The second-order valence-electron chi connectivity index (χ2n) is 7.60. The maximum atomic E-state index is 12.5. The minimum atomic E-state index is -1.07. The lowest BCUT2D eigenvalue weighted by atomic mass is 10.0. The topological polar surface area (TPSA) is 108 Å². The van der Waals surface area contributed by atoms with E-state index in [9.17, 15) is 19.8 Å². The van der Waals surface area contributed by atoms with Crippen LogP contribution in [0.5, 0.6) is 0 Å². The second kappa shape index (κ2) is 13.2. The van der Waals surface area contributed by atoms with Crippen LogP contribution in [0.4, 0.5) is 4.79 Å². The van der Waals surface area contributed by atoms with E-state index in [-0.39, 0.29) is 19.6 Å². The summed E-state index contributed by atoms with van der Waals surface area (Å²) < 4.78 is 10.9. The third kappa shape index (κ3) is 8.30. The Hall–Kier alpha value is -2.16. The molecule has 1 amide bonds. The van der Waals surface area contributed by atoms with Crippen molar-refractivity contribution in [3.8, 4) is 0 Å². The van der Waals surface area contributed by atoms with E-state index < -0.39 is 30.5 Å². The molecular weight excluding hydrogens is 388 g/mol. The van der Waals surface area contributed by atoms with Crippen LogP contribution in [-0.4, -0.2) is 65.2 Å². The molecule has 0 spiro atoms. The first kappa shape index (κ1) is 24.1. The highest BCUT2D eigenvalue weighted by Gasteiger charge is 2.38. The summed E-state index contributed by atoms with van der Waals surface area (Å²) in [7, 11) is 0. The van der Waals surface area contributed by atoms with Gasteiger partial charge in [0.1, 0.15) is 12.6 Å². The van der Waals surface area contributed by atoms with Crippen molar-refractivity contribution < 1.29 is 29.3 Å². The number of amides is 1. The van der Waals surface area contributed by atoms with Crippen molar-refractivity contribution in [1.29, 1.82) is 0 Å². The van der Waals surface area contributed by atoms with Gasteiger partial charge in [0.25, 0.3) is 0 Å². The Labute approximate surface area is 178 Å². The van der Waals surface area contributed by atoms with Gasteiger partial charge in [0.2, 0.25) is 0 Å². The molecule has 1 aromatic carbocycles. The number of hydrogen-bond donors (Lipinski definition) is 3. The van der Waals surface area contributed by atoms with Gasteiger partial charge in [0, 0.05) is 6.54 Å². The molecule has 0 aliphatic carbocycles. The highest BCUT2D eigenvalue weighted by atomic mass is 16.6. The van der Waals surface area contributed by atoms with E-state index in [1.54, 1.807) is 0 Å². The number of rotatable bonds is 12. The number of carbonyl (C=O) groups excluding carboxylic acids is 1. The lowest BCUT2D eigenvalue weighted by molar-refractivity contribution is -0.160. The SMILES string of the molecule is CCCCCCNCC(O)OC1CCC(C(=O)O)N(C(=O)OCc2ccccc2)C1. The van der Waals surface area contributed by atoms with E-state index in [0.29, 0.717) is 13.0 Å². The number of hydrogen-bond acceptors (Lipinski definition) is 6. The highest BCUT2D eigenvalue weighted by Crippen LogP contribution is 2.22. The van der Waals surface area contributed by atoms with Gasteiger partial charge in [-0.15, -0.1) is 0 Å². The molecule has 3 unspecified atom stereocenters. The number of carboxylic acid groups (broad SMARTS) is 1. The molecule has 0 radical (unpaired) electrons. The van der Waals surface area contributed by atoms with Crippen LogP contribution in [0.3, 0.4) is 0 Å². The fourth-order valence-corrected chi connectivity index (χ4v) is 3.48. The van der Waals surface area contributed by atoms with E-state index in [1.165, 1.54) is 17.7 Å². The Bertz CT molecular complexity index is 642. The lowest BCUT2D eigenvalue weighted by Gasteiger charge is -2.37.